The van der Waals surface area contributed by atoms with Crippen LogP contribution in [0, 0.1) is 12.8 Å². The molecule has 3 heterocycles. The highest BCUT2D eigenvalue weighted by Crippen LogP contribution is 2.30. The van der Waals surface area contributed by atoms with Gasteiger partial charge in [0.15, 0.2) is 0 Å². The van der Waals surface area contributed by atoms with Gasteiger partial charge in [0.2, 0.25) is 5.91 Å². The number of aryl methyl sites for hydroxylation is 1. The molecule has 4 nitrogen and oxygen atoms in total. The number of carbonyl (C=O) groups is 1. The van der Waals surface area contributed by atoms with Crippen molar-refractivity contribution in [1.82, 2.24) is 9.88 Å². The molecule has 1 amide bonds. The molecule has 2 aliphatic heterocycles. The van der Waals surface area contributed by atoms with Crippen LogP contribution in [0.4, 0.5) is 5.69 Å². The van der Waals surface area contributed by atoms with Crippen molar-refractivity contribution >= 4 is 22.5 Å². The van der Waals surface area contributed by atoms with E-state index in [0.717, 1.165) is 57.4 Å². The van der Waals surface area contributed by atoms with E-state index in [9.17, 15) is 4.79 Å². The van der Waals surface area contributed by atoms with Crippen LogP contribution in [0.1, 0.15) is 44.1 Å². The molecule has 4 rings (SSSR count). The molecule has 0 spiro atoms. The summed E-state index contributed by atoms with van der Waals surface area (Å²) in [5, 5.41) is 1.20. The van der Waals surface area contributed by atoms with Crippen molar-refractivity contribution in [3.8, 4) is 0 Å². The average molecular weight is 351 g/mol. The first-order valence-corrected chi connectivity index (χ1v) is 10.1. The first-order valence-electron chi connectivity index (χ1n) is 10.1. The van der Waals surface area contributed by atoms with E-state index in [1.54, 1.807) is 0 Å². The van der Waals surface area contributed by atoms with Gasteiger partial charge in [-0.15, -0.1) is 0 Å². The van der Waals surface area contributed by atoms with Crippen LogP contribution < -0.4 is 4.90 Å². The summed E-state index contributed by atoms with van der Waals surface area (Å²) in [6.07, 6.45) is 8.86. The summed E-state index contributed by atoms with van der Waals surface area (Å²) in [6.45, 7) is 5.89. The van der Waals surface area contributed by atoms with Gasteiger partial charge in [-0.05, 0) is 50.8 Å². The minimum Gasteiger partial charge on any atom is -0.370 e. The van der Waals surface area contributed by atoms with Crippen molar-refractivity contribution in [1.29, 1.82) is 0 Å². The summed E-state index contributed by atoms with van der Waals surface area (Å²) >= 11 is 0. The number of likely N-dealkylation sites (tertiary alicyclic amines) is 1. The lowest BCUT2D eigenvalue weighted by atomic mass is 9.95. The number of hydrogen-bond acceptors (Lipinski definition) is 3. The van der Waals surface area contributed by atoms with Gasteiger partial charge in [0.1, 0.15) is 0 Å². The van der Waals surface area contributed by atoms with Crippen LogP contribution in [0.3, 0.4) is 0 Å². The molecule has 2 saturated heterocycles. The summed E-state index contributed by atoms with van der Waals surface area (Å²) in [5.41, 5.74) is 3.52. The molecule has 2 aliphatic rings. The number of nitrogens with zero attached hydrogens (tertiary/aromatic N) is 3. The second-order valence-corrected chi connectivity index (χ2v) is 7.88. The zero-order chi connectivity index (χ0) is 17.9. The molecular formula is C22H29N3O. The Balaban J connectivity index is 1.55. The van der Waals surface area contributed by atoms with Crippen molar-refractivity contribution in [3.63, 3.8) is 0 Å². The van der Waals surface area contributed by atoms with Gasteiger partial charge in [-0.2, -0.15) is 0 Å². The van der Waals surface area contributed by atoms with Gasteiger partial charge < -0.3 is 9.80 Å². The summed E-state index contributed by atoms with van der Waals surface area (Å²) in [6, 6.07) is 8.54. The van der Waals surface area contributed by atoms with E-state index in [0.29, 0.717) is 5.91 Å². The Morgan fingerprint density at radius 2 is 1.85 bits per heavy atom. The number of aromatic nitrogens is 1. The Hall–Kier alpha value is -2.10. The van der Waals surface area contributed by atoms with E-state index >= 15 is 0 Å². The maximum atomic E-state index is 13.1. The molecule has 0 radical (unpaired) electrons. The van der Waals surface area contributed by atoms with Gasteiger partial charge in [0, 0.05) is 43.4 Å². The van der Waals surface area contributed by atoms with E-state index in [1.165, 1.54) is 29.5 Å². The molecule has 0 saturated carbocycles. The number of rotatable bonds is 2. The zero-order valence-corrected chi connectivity index (χ0v) is 15.8. The molecule has 1 atom stereocenters. The van der Waals surface area contributed by atoms with Gasteiger partial charge in [-0.25, -0.2) is 0 Å². The fourth-order valence-electron chi connectivity index (χ4n) is 4.47. The van der Waals surface area contributed by atoms with E-state index in [1.807, 2.05) is 6.20 Å². The van der Waals surface area contributed by atoms with Crippen molar-refractivity contribution in [2.24, 2.45) is 5.92 Å². The minimum atomic E-state index is 0.134. The molecule has 2 aromatic rings. The lowest BCUT2D eigenvalue weighted by Crippen LogP contribution is -2.45. The highest BCUT2D eigenvalue weighted by molar-refractivity contribution is 5.92. The molecule has 0 N–H and O–H groups in total. The van der Waals surface area contributed by atoms with Gasteiger partial charge in [-0.3, -0.25) is 9.78 Å². The fraction of sp³-hybridized carbons (Fsp3) is 0.545. The Morgan fingerprint density at radius 1 is 1.04 bits per heavy atom. The molecule has 4 heteroatoms. The molecular weight excluding hydrogens is 322 g/mol. The van der Waals surface area contributed by atoms with E-state index in [2.05, 4.69) is 46.0 Å². The summed E-state index contributed by atoms with van der Waals surface area (Å²) < 4.78 is 0. The minimum absolute atomic E-state index is 0.134. The number of benzene rings is 1. The van der Waals surface area contributed by atoms with Crippen LogP contribution in [-0.2, 0) is 4.79 Å². The largest absolute Gasteiger partial charge is 0.370 e. The number of hydrogen-bond donors (Lipinski definition) is 0. The van der Waals surface area contributed by atoms with Crippen molar-refractivity contribution in [3.05, 3.63) is 36.0 Å². The number of amides is 1. The van der Waals surface area contributed by atoms with Crippen LogP contribution in [0.15, 0.2) is 30.5 Å². The summed E-state index contributed by atoms with van der Waals surface area (Å²) in [5.74, 6) is 0.515. The quantitative estimate of drug-likeness (QED) is 0.815. The molecule has 138 valence electrons. The molecule has 1 aromatic carbocycles. The fourth-order valence-corrected chi connectivity index (χ4v) is 4.47. The first kappa shape index (κ1) is 17.3. The van der Waals surface area contributed by atoms with Crippen molar-refractivity contribution in [2.75, 3.05) is 31.1 Å². The monoisotopic (exact) mass is 351 g/mol. The van der Waals surface area contributed by atoms with Crippen LogP contribution in [0.2, 0.25) is 0 Å². The second kappa shape index (κ2) is 7.65. The number of piperidine rings is 1. The molecule has 2 fully saturated rings. The van der Waals surface area contributed by atoms with Crippen LogP contribution >= 0.6 is 0 Å². The van der Waals surface area contributed by atoms with Crippen LogP contribution in [0.5, 0.6) is 0 Å². The number of anilines is 1. The van der Waals surface area contributed by atoms with Gasteiger partial charge in [0.05, 0.1) is 11.4 Å². The van der Waals surface area contributed by atoms with Crippen molar-refractivity contribution < 1.29 is 4.79 Å². The van der Waals surface area contributed by atoms with Gasteiger partial charge in [0.25, 0.3) is 0 Å². The maximum absolute atomic E-state index is 13.1. The third-order valence-electron chi connectivity index (χ3n) is 5.90. The predicted molar refractivity (Wildman–Crippen MR) is 106 cm³/mol. The SMILES string of the molecule is Cc1ccc2nccc(N3CCCC(C(=O)N4CCCCCC4)C3)c2c1. The topological polar surface area (TPSA) is 36.4 Å². The number of fused-ring (bicyclic) bond motifs is 1. The Kier molecular flexibility index (Phi) is 5.09. The zero-order valence-electron chi connectivity index (χ0n) is 15.8. The smallest absolute Gasteiger partial charge is 0.227 e. The van der Waals surface area contributed by atoms with Crippen LogP contribution in [-0.4, -0.2) is 42.0 Å². The molecule has 1 unspecified atom stereocenters. The molecule has 0 aliphatic carbocycles. The third kappa shape index (κ3) is 3.55. The third-order valence-corrected chi connectivity index (χ3v) is 5.90. The molecule has 26 heavy (non-hydrogen) atoms. The van der Waals surface area contributed by atoms with E-state index in [-0.39, 0.29) is 5.92 Å². The first-order chi connectivity index (χ1) is 12.7. The second-order valence-electron chi connectivity index (χ2n) is 7.88. The highest BCUT2D eigenvalue weighted by Gasteiger charge is 2.30. The number of carbonyl (C=O) groups excluding carboxylic acids is 1. The highest BCUT2D eigenvalue weighted by atomic mass is 16.2. The summed E-state index contributed by atoms with van der Waals surface area (Å²) in [7, 11) is 0. The molecule has 1 aromatic heterocycles. The maximum Gasteiger partial charge on any atom is 0.227 e. The van der Waals surface area contributed by atoms with Gasteiger partial charge in [-0.1, -0.05) is 24.5 Å². The lowest BCUT2D eigenvalue weighted by molar-refractivity contribution is -0.135. The van der Waals surface area contributed by atoms with Gasteiger partial charge >= 0.3 is 0 Å². The standard InChI is InChI=1S/C22H29N3O/c1-17-8-9-20-19(15-17)21(10-11-23-20)25-14-6-7-18(16-25)22(26)24-12-4-2-3-5-13-24/h8-11,15,18H,2-7,12-14,16H2,1H3. The molecule has 0 bridgehead atoms. The average Bonchev–Trinajstić information content (AvgIpc) is 2.96. The van der Waals surface area contributed by atoms with E-state index < -0.39 is 0 Å². The van der Waals surface area contributed by atoms with E-state index in [4.69, 9.17) is 0 Å². The lowest BCUT2D eigenvalue weighted by Gasteiger charge is -2.36. The Bertz CT molecular complexity index is 780. The predicted octanol–water partition coefficient (Wildman–Crippen LogP) is 4.16. The Labute approximate surface area is 156 Å². The number of pyridine rings is 1. The summed E-state index contributed by atoms with van der Waals surface area (Å²) in [4.78, 5) is 22.1. The van der Waals surface area contributed by atoms with Crippen molar-refractivity contribution in [2.45, 2.75) is 45.4 Å². The van der Waals surface area contributed by atoms with Crippen LogP contribution in [0.25, 0.3) is 10.9 Å². The Morgan fingerprint density at radius 3 is 2.65 bits per heavy atom. The normalized spacial score (nSPS) is 21.7.